The molecule has 4 nitrogen and oxygen atoms in total. The van der Waals surface area contributed by atoms with Crippen molar-refractivity contribution in [3.8, 4) is 0 Å². The van der Waals surface area contributed by atoms with Gasteiger partial charge in [0, 0.05) is 41.8 Å². The van der Waals surface area contributed by atoms with Crippen molar-refractivity contribution in [1.29, 1.82) is 0 Å². The van der Waals surface area contributed by atoms with E-state index in [0.717, 1.165) is 47.2 Å². The van der Waals surface area contributed by atoms with Crippen LogP contribution >= 0.6 is 23.5 Å². The van der Waals surface area contributed by atoms with E-state index in [2.05, 4.69) is 27.4 Å². The van der Waals surface area contributed by atoms with Crippen molar-refractivity contribution >= 4 is 35.2 Å². The fourth-order valence-corrected chi connectivity index (χ4v) is 3.99. The third-order valence-corrected chi connectivity index (χ3v) is 5.67. The van der Waals surface area contributed by atoms with Crippen molar-refractivity contribution in [1.82, 2.24) is 4.31 Å². The summed E-state index contributed by atoms with van der Waals surface area (Å²) in [4.78, 5) is 14.4. The van der Waals surface area contributed by atoms with Gasteiger partial charge in [0.05, 0.1) is 6.42 Å². The number of piperazine rings is 1. The summed E-state index contributed by atoms with van der Waals surface area (Å²) in [6, 6.07) is 14.0. The normalized spacial score (nSPS) is 15.4. The maximum Gasteiger partial charge on any atom is 0.307 e. The molecule has 1 N–H and O–H groups in total. The summed E-state index contributed by atoms with van der Waals surface area (Å²) in [6.07, 6.45) is 0.0740. The van der Waals surface area contributed by atoms with Crippen LogP contribution in [0.25, 0.3) is 0 Å². The van der Waals surface area contributed by atoms with Crippen LogP contribution in [0.15, 0.2) is 47.4 Å². The molecule has 1 fully saturated rings. The SMILES string of the molecule is Cc1ccc(SN2CCN(c3ccc(Cl)cc3)CC2)cc1CC(=O)O. The van der Waals surface area contributed by atoms with Crippen molar-refractivity contribution in [2.75, 3.05) is 31.1 Å². The standard InChI is InChI=1S/C19H21ClN2O2S/c1-14-2-7-18(12-15(14)13-19(23)24)25-22-10-8-21(9-11-22)17-5-3-16(20)4-6-17/h2-7,12H,8-11,13H2,1H3,(H,23,24). The van der Waals surface area contributed by atoms with E-state index >= 15 is 0 Å². The van der Waals surface area contributed by atoms with E-state index in [1.54, 1.807) is 11.9 Å². The van der Waals surface area contributed by atoms with Gasteiger partial charge in [-0.15, -0.1) is 0 Å². The molecular weight excluding hydrogens is 356 g/mol. The first kappa shape index (κ1) is 18.1. The summed E-state index contributed by atoms with van der Waals surface area (Å²) in [7, 11) is 0. The third kappa shape index (κ3) is 4.91. The first-order valence-corrected chi connectivity index (χ1v) is 9.41. The molecule has 1 saturated heterocycles. The van der Waals surface area contributed by atoms with Gasteiger partial charge >= 0.3 is 5.97 Å². The lowest BCUT2D eigenvalue weighted by Gasteiger charge is -2.35. The van der Waals surface area contributed by atoms with Gasteiger partial charge in [-0.1, -0.05) is 17.7 Å². The van der Waals surface area contributed by atoms with Crippen LogP contribution in [0.4, 0.5) is 5.69 Å². The number of carboxylic acid groups (broad SMARTS) is 1. The molecule has 0 unspecified atom stereocenters. The Morgan fingerprint density at radius 2 is 1.80 bits per heavy atom. The van der Waals surface area contributed by atoms with Gasteiger partial charge in [-0.05, 0) is 66.4 Å². The molecule has 25 heavy (non-hydrogen) atoms. The molecule has 0 atom stereocenters. The summed E-state index contributed by atoms with van der Waals surface area (Å²) in [5, 5.41) is 9.79. The smallest absolute Gasteiger partial charge is 0.307 e. The van der Waals surface area contributed by atoms with Crippen molar-refractivity contribution in [2.24, 2.45) is 0 Å². The molecule has 0 radical (unpaired) electrons. The Bertz CT molecular complexity index is 744. The van der Waals surface area contributed by atoms with Gasteiger partial charge in [0.1, 0.15) is 0 Å². The fraction of sp³-hybridized carbons (Fsp3) is 0.316. The van der Waals surface area contributed by atoms with Gasteiger partial charge in [0.25, 0.3) is 0 Å². The molecule has 132 valence electrons. The molecule has 1 aliphatic rings. The van der Waals surface area contributed by atoms with Gasteiger partial charge in [-0.25, -0.2) is 4.31 Å². The van der Waals surface area contributed by atoms with E-state index in [9.17, 15) is 4.79 Å². The van der Waals surface area contributed by atoms with E-state index in [4.69, 9.17) is 16.7 Å². The molecule has 3 rings (SSSR count). The van der Waals surface area contributed by atoms with Crippen LogP contribution in [-0.4, -0.2) is 41.6 Å². The van der Waals surface area contributed by atoms with E-state index in [1.807, 2.05) is 31.2 Å². The zero-order valence-electron chi connectivity index (χ0n) is 14.1. The third-order valence-electron chi connectivity index (χ3n) is 4.33. The number of aliphatic carboxylic acids is 1. The first-order valence-electron chi connectivity index (χ1n) is 8.26. The lowest BCUT2D eigenvalue weighted by molar-refractivity contribution is -0.136. The quantitative estimate of drug-likeness (QED) is 0.796. The summed E-state index contributed by atoms with van der Waals surface area (Å²) in [5.74, 6) is -0.790. The van der Waals surface area contributed by atoms with Crippen molar-refractivity contribution in [3.05, 3.63) is 58.6 Å². The van der Waals surface area contributed by atoms with Crippen LogP contribution in [0.5, 0.6) is 0 Å². The van der Waals surface area contributed by atoms with Crippen LogP contribution in [0.3, 0.4) is 0 Å². The van der Waals surface area contributed by atoms with Crippen LogP contribution < -0.4 is 4.90 Å². The molecule has 0 bridgehead atoms. The second-order valence-corrected chi connectivity index (χ2v) is 7.75. The van der Waals surface area contributed by atoms with Crippen molar-refractivity contribution < 1.29 is 9.90 Å². The molecule has 0 aliphatic carbocycles. The van der Waals surface area contributed by atoms with Gasteiger partial charge < -0.3 is 10.0 Å². The minimum Gasteiger partial charge on any atom is -0.481 e. The number of hydrogen-bond donors (Lipinski definition) is 1. The number of aryl methyl sites for hydroxylation is 1. The highest BCUT2D eigenvalue weighted by molar-refractivity contribution is 7.97. The highest BCUT2D eigenvalue weighted by Crippen LogP contribution is 2.28. The highest BCUT2D eigenvalue weighted by atomic mass is 35.5. The first-order chi connectivity index (χ1) is 12.0. The Morgan fingerprint density at radius 1 is 1.12 bits per heavy atom. The van der Waals surface area contributed by atoms with Crippen molar-refractivity contribution in [3.63, 3.8) is 0 Å². The Kier molecular flexibility index (Phi) is 5.89. The van der Waals surface area contributed by atoms with Gasteiger partial charge in [0.15, 0.2) is 0 Å². The molecule has 6 heteroatoms. The topological polar surface area (TPSA) is 43.8 Å². The summed E-state index contributed by atoms with van der Waals surface area (Å²) in [5.41, 5.74) is 3.12. The van der Waals surface area contributed by atoms with Crippen LogP contribution in [-0.2, 0) is 11.2 Å². The second-order valence-electron chi connectivity index (χ2n) is 6.14. The Balaban J connectivity index is 1.58. The van der Waals surface area contributed by atoms with E-state index in [0.29, 0.717) is 0 Å². The van der Waals surface area contributed by atoms with Crippen LogP contribution in [0, 0.1) is 6.92 Å². The molecule has 2 aromatic rings. The zero-order valence-corrected chi connectivity index (χ0v) is 15.7. The van der Waals surface area contributed by atoms with Gasteiger partial charge in [0.2, 0.25) is 0 Å². The van der Waals surface area contributed by atoms with Crippen LogP contribution in [0.2, 0.25) is 5.02 Å². The highest BCUT2D eigenvalue weighted by Gasteiger charge is 2.18. The van der Waals surface area contributed by atoms with Gasteiger partial charge in [-0.3, -0.25) is 4.79 Å². The lowest BCUT2D eigenvalue weighted by Crippen LogP contribution is -2.43. The summed E-state index contributed by atoms with van der Waals surface area (Å²) in [6.45, 7) is 5.79. The Labute approximate surface area is 157 Å². The maximum absolute atomic E-state index is 11.0. The number of anilines is 1. The number of hydrogen-bond acceptors (Lipinski definition) is 4. The average Bonchev–Trinajstić information content (AvgIpc) is 2.59. The predicted molar refractivity (Wildman–Crippen MR) is 104 cm³/mol. The molecule has 1 aliphatic heterocycles. The predicted octanol–water partition coefficient (Wildman–Crippen LogP) is 4.10. The fourth-order valence-electron chi connectivity index (χ4n) is 2.90. The minimum atomic E-state index is -0.790. The minimum absolute atomic E-state index is 0.0740. The summed E-state index contributed by atoms with van der Waals surface area (Å²) < 4.78 is 2.33. The van der Waals surface area contributed by atoms with Crippen molar-refractivity contribution in [2.45, 2.75) is 18.2 Å². The molecule has 2 aromatic carbocycles. The molecule has 0 aromatic heterocycles. The Morgan fingerprint density at radius 3 is 2.44 bits per heavy atom. The van der Waals surface area contributed by atoms with Crippen LogP contribution in [0.1, 0.15) is 11.1 Å². The zero-order chi connectivity index (χ0) is 17.8. The number of rotatable bonds is 5. The van der Waals surface area contributed by atoms with E-state index < -0.39 is 5.97 Å². The monoisotopic (exact) mass is 376 g/mol. The van der Waals surface area contributed by atoms with E-state index in [-0.39, 0.29) is 6.42 Å². The lowest BCUT2D eigenvalue weighted by atomic mass is 10.1. The van der Waals surface area contributed by atoms with Gasteiger partial charge in [-0.2, -0.15) is 0 Å². The Hall–Kier alpha value is -1.69. The van der Waals surface area contributed by atoms with E-state index in [1.165, 1.54) is 5.69 Å². The molecule has 0 saturated carbocycles. The molecular formula is C19H21ClN2O2S. The summed E-state index contributed by atoms with van der Waals surface area (Å²) >= 11 is 7.66. The number of halogens is 1. The largest absolute Gasteiger partial charge is 0.481 e. The number of nitrogens with zero attached hydrogens (tertiary/aromatic N) is 2. The second kappa shape index (κ2) is 8.13. The molecule has 0 spiro atoms. The molecule has 1 heterocycles. The average molecular weight is 377 g/mol. The molecule has 0 amide bonds. The number of benzene rings is 2. The number of carboxylic acids is 1. The number of carbonyl (C=O) groups is 1. The maximum atomic E-state index is 11.0.